The molecular weight excluding hydrogens is 583 g/mol. The predicted molar refractivity (Wildman–Crippen MR) is 202 cm³/mol. The van der Waals surface area contributed by atoms with Crippen molar-refractivity contribution in [3.05, 3.63) is 188 Å². The van der Waals surface area contributed by atoms with Crippen LogP contribution in [-0.4, -0.2) is 0 Å². The highest BCUT2D eigenvalue weighted by Crippen LogP contribution is 2.47. The molecule has 0 radical (unpaired) electrons. The molecule has 0 saturated carbocycles. The first-order valence-electron chi connectivity index (χ1n) is 16.4. The standard InChI is InChI=1S/C46H31NO/c1-4-15-32(16-5-1)37-23-12-21-35-29-30-36(31-41(35)37)47(42-26-11-10-22-38(42)33-17-6-2-7-18-33)43-27-14-28-44-45(43)40-25-13-24-39(46(40)48-44)34-19-8-3-9-20-34/h1-31H. The topological polar surface area (TPSA) is 16.4 Å². The van der Waals surface area contributed by atoms with Crippen molar-refractivity contribution in [1.82, 2.24) is 0 Å². The number of hydrogen-bond donors (Lipinski definition) is 0. The largest absolute Gasteiger partial charge is 0.455 e. The van der Waals surface area contributed by atoms with Crippen molar-refractivity contribution in [3.8, 4) is 33.4 Å². The number of fused-ring (bicyclic) bond motifs is 4. The van der Waals surface area contributed by atoms with Gasteiger partial charge in [0.1, 0.15) is 11.2 Å². The van der Waals surface area contributed by atoms with Gasteiger partial charge in [-0.25, -0.2) is 0 Å². The van der Waals surface area contributed by atoms with Crippen molar-refractivity contribution >= 4 is 49.8 Å². The van der Waals surface area contributed by atoms with Gasteiger partial charge in [0, 0.05) is 22.2 Å². The van der Waals surface area contributed by atoms with E-state index in [1.807, 2.05) is 0 Å². The zero-order valence-corrected chi connectivity index (χ0v) is 26.3. The van der Waals surface area contributed by atoms with Crippen LogP contribution in [0.4, 0.5) is 17.1 Å². The van der Waals surface area contributed by atoms with Gasteiger partial charge in [0.15, 0.2) is 0 Å². The number of hydrogen-bond acceptors (Lipinski definition) is 2. The third kappa shape index (κ3) is 4.74. The fraction of sp³-hybridized carbons (Fsp3) is 0. The van der Waals surface area contributed by atoms with Crippen LogP contribution in [0.1, 0.15) is 0 Å². The molecule has 0 aliphatic carbocycles. The third-order valence-electron chi connectivity index (χ3n) is 9.26. The van der Waals surface area contributed by atoms with Crippen LogP contribution in [0.3, 0.4) is 0 Å². The van der Waals surface area contributed by atoms with Crippen LogP contribution in [0.2, 0.25) is 0 Å². The van der Waals surface area contributed by atoms with E-state index >= 15 is 0 Å². The van der Waals surface area contributed by atoms with Gasteiger partial charge in [-0.15, -0.1) is 0 Å². The Hall–Kier alpha value is -6.38. The molecule has 1 aromatic heterocycles. The molecule has 2 nitrogen and oxygen atoms in total. The van der Waals surface area contributed by atoms with Crippen LogP contribution in [0.15, 0.2) is 192 Å². The summed E-state index contributed by atoms with van der Waals surface area (Å²) in [5.74, 6) is 0. The van der Waals surface area contributed by atoms with E-state index in [-0.39, 0.29) is 0 Å². The van der Waals surface area contributed by atoms with Crippen molar-refractivity contribution in [2.24, 2.45) is 0 Å². The van der Waals surface area contributed by atoms with Gasteiger partial charge in [0.2, 0.25) is 0 Å². The van der Waals surface area contributed by atoms with Gasteiger partial charge in [0.05, 0.1) is 16.8 Å². The van der Waals surface area contributed by atoms with Gasteiger partial charge in [-0.2, -0.15) is 0 Å². The lowest BCUT2D eigenvalue weighted by Crippen LogP contribution is -2.11. The van der Waals surface area contributed by atoms with E-state index in [0.717, 1.165) is 55.7 Å². The molecule has 0 atom stereocenters. The van der Waals surface area contributed by atoms with Gasteiger partial charge in [0.25, 0.3) is 0 Å². The van der Waals surface area contributed by atoms with Crippen LogP contribution >= 0.6 is 0 Å². The minimum absolute atomic E-state index is 0.860. The minimum Gasteiger partial charge on any atom is -0.455 e. The fourth-order valence-electron chi connectivity index (χ4n) is 7.07. The van der Waals surface area contributed by atoms with Gasteiger partial charge in [-0.1, -0.05) is 158 Å². The molecule has 0 unspecified atom stereocenters. The molecule has 0 saturated heterocycles. The van der Waals surface area contributed by atoms with E-state index in [4.69, 9.17) is 4.42 Å². The smallest absolute Gasteiger partial charge is 0.143 e. The SMILES string of the molecule is c1ccc(-c2ccccc2N(c2ccc3cccc(-c4ccccc4)c3c2)c2cccc3oc4c(-c5ccccc5)cccc4c23)cc1. The summed E-state index contributed by atoms with van der Waals surface area (Å²) in [4.78, 5) is 2.41. The summed E-state index contributed by atoms with van der Waals surface area (Å²) in [6, 6.07) is 66.8. The highest BCUT2D eigenvalue weighted by Gasteiger charge is 2.23. The molecule has 0 aliphatic heterocycles. The molecule has 2 heteroatoms. The molecule has 0 spiro atoms. The average molecular weight is 614 g/mol. The number of anilines is 3. The van der Waals surface area contributed by atoms with E-state index in [2.05, 4.69) is 193 Å². The summed E-state index contributed by atoms with van der Waals surface area (Å²) in [7, 11) is 0. The number of para-hydroxylation sites is 2. The second-order valence-corrected chi connectivity index (χ2v) is 12.1. The molecule has 1 heterocycles. The number of rotatable bonds is 6. The average Bonchev–Trinajstić information content (AvgIpc) is 3.56. The fourth-order valence-corrected chi connectivity index (χ4v) is 7.07. The first-order valence-corrected chi connectivity index (χ1v) is 16.4. The van der Waals surface area contributed by atoms with Crippen LogP contribution in [0, 0.1) is 0 Å². The highest BCUT2D eigenvalue weighted by molar-refractivity contribution is 6.16. The van der Waals surface area contributed by atoms with Crippen molar-refractivity contribution in [2.45, 2.75) is 0 Å². The van der Waals surface area contributed by atoms with Gasteiger partial charge >= 0.3 is 0 Å². The molecule has 0 aliphatic rings. The molecular formula is C46H31NO. The Labute approximate surface area is 279 Å². The lowest BCUT2D eigenvalue weighted by Gasteiger charge is -2.29. The second kappa shape index (κ2) is 11.8. The maximum atomic E-state index is 6.74. The van der Waals surface area contributed by atoms with Gasteiger partial charge in [-0.3, -0.25) is 0 Å². The van der Waals surface area contributed by atoms with E-state index in [9.17, 15) is 0 Å². The molecule has 0 amide bonds. The summed E-state index contributed by atoms with van der Waals surface area (Å²) in [5.41, 5.74) is 12.0. The number of nitrogens with zero attached hydrogens (tertiary/aromatic N) is 1. The Morgan fingerprint density at radius 2 is 0.938 bits per heavy atom. The van der Waals surface area contributed by atoms with E-state index in [0.29, 0.717) is 0 Å². The second-order valence-electron chi connectivity index (χ2n) is 12.1. The summed E-state index contributed by atoms with van der Waals surface area (Å²) in [5, 5.41) is 4.59. The van der Waals surface area contributed by atoms with Gasteiger partial charge < -0.3 is 9.32 Å². The Balaban J connectivity index is 1.35. The Morgan fingerprint density at radius 3 is 1.69 bits per heavy atom. The van der Waals surface area contributed by atoms with Crippen LogP contribution in [0.25, 0.3) is 66.1 Å². The maximum absolute atomic E-state index is 6.74. The van der Waals surface area contributed by atoms with Crippen LogP contribution in [0.5, 0.6) is 0 Å². The summed E-state index contributed by atoms with van der Waals surface area (Å²) in [6.07, 6.45) is 0. The minimum atomic E-state index is 0.860. The normalized spacial score (nSPS) is 11.3. The van der Waals surface area contributed by atoms with Crippen molar-refractivity contribution in [1.29, 1.82) is 0 Å². The first kappa shape index (κ1) is 27.9. The van der Waals surface area contributed by atoms with E-state index < -0.39 is 0 Å². The lowest BCUT2D eigenvalue weighted by atomic mass is 9.96. The molecule has 8 aromatic carbocycles. The number of benzene rings is 8. The van der Waals surface area contributed by atoms with Crippen LogP contribution < -0.4 is 4.90 Å². The zero-order valence-electron chi connectivity index (χ0n) is 26.3. The summed E-state index contributed by atoms with van der Waals surface area (Å²) >= 11 is 0. The summed E-state index contributed by atoms with van der Waals surface area (Å²) in [6.45, 7) is 0. The monoisotopic (exact) mass is 613 g/mol. The summed E-state index contributed by atoms with van der Waals surface area (Å²) < 4.78 is 6.74. The molecule has 9 aromatic rings. The van der Waals surface area contributed by atoms with Gasteiger partial charge in [-0.05, 0) is 63.4 Å². The molecule has 9 rings (SSSR count). The number of furan rings is 1. The maximum Gasteiger partial charge on any atom is 0.143 e. The van der Waals surface area contributed by atoms with Crippen molar-refractivity contribution in [3.63, 3.8) is 0 Å². The Kier molecular flexibility index (Phi) is 6.84. The first-order chi connectivity index (χ1) is 23.8. The molecule has 0 bridgehead atoms. The molecule has 226 valence electrons. The highest BCUT2D eigenvalue weighted by atomic mass is 16.3. The predicted octanol–water partition coefficient (Wildman–Crippen LogP) is 13.2. The zero-order chi connectivity index (χ0) is 31.9. The molecule has 0 N–H and O–H groups in total. The van der Waals surface area contributed by atoms with E-state index in [1.54, 1.807) is 0 Å². The quantitative estimate of drug-likeness (QED) is 0.185. The van der Waals surface area contributed by atoms with Crippen LogP contribution in [-0.2, 0) is 0 Å². The molecule has 48 heavy (non-hydrogen) atoms. The van der Waals surface area contributed by atoms with E-state index in [1.165, 1.54) is 27.5 Å². The lowest BCUT2D eigenvalue weighted by molar-refractivity contribution is 0.670. The Morgan fingerprint density at radius 1 is 0.375 bits per heavy atom. The third-order valence-corrected chi connectivity index (χ3v) is 9.26. The van der Waals surface area contributed by atoms with Crippen molar-refractivity contribution in [2.75, 3.05) is 4.90 Å². The van der Waals surface area contributed by atoms with Crippen molar-refractivity contribution < 1.29 is 4.42 Å². The Bertz CT molecular complexity index is 2550. The molecule has 0 fully saturated rings.